The number of aryl methyl sites for hydroxylation is 1. The van der Waals surface area contributed by atoms with E-state index in [2.05, 4.69) is 0 Å². The van der Waals surface area contributed by atoms with E-state index in [9.17, 15) is 4.79 Å². The molecule has 0 saturated carbocycles. The lowest BCUT2D eigenvalue weighted by Crippen LogP contribution is -2.38. The third-order valence-electron chi connectivity index (χ3n) is 1.59. The van der Waals surface area contributed by atoms with E-state index < -0.39 is 0 Å². The van der Waals surface area contributed by atoms with Crippen molar-refractivity contribution in [2.75, 3.05) is 5.88 Å². The molecule has 0 fully saturated rings. The first kappa shape index (κ1) is 9.06. The summed E-state index contributed by atoms with van der Waals surface area (Å²) >= 11 is 5.48. The van der Waals surface area contributed by atoms with Crippen LogP contribution in [-0.2, 0) is 13.6 Å². The fourth-order valence-corrected chi connectivity index (χ4v) is 1.10. The van der Waals surface area contributed by atoms with Crippen molar-refractivity contribution in [1.29, 1.82) is 5.41 Å². The molecule has 0 aliphatic heterocycles. The van der Waals surface area contributed by atoms with Crippen molar-refractivity contribution in [3.05, 3.63) is 28.2 Å². The standard InChI is InChI=1S/C7H10ClN3O/c1-10-4-2-6(9)11(5-3-8)7(10)12/h2,4,9H,3,5H2,1H3. The van der Waals surface area contributed by atoms with Gasteiger partial charge in [-0.1, -0.05) is 0 Å². The predicted octanol–water partition coefficient (Wildman–Crippen LogP) is -0.0949. The van der Waals surface area contributed by atoms with Gasteiger partial charge in [0, 0.05) is 25.7 Å². The molecule has 0 bridgehead atoms. The van der Waals surface area contributed by atoms with Crippen LogP contribution in [0.1, 0.15) is 0 Å². The Kier molecular flexibility index (Phi) is 2.70. The molecule has 0 saturated heterocycles. The number of nitrogens with one attached hydrogen (secondary N) is 1. The molecule has 5 heteroatoms. The molecule has 0 spiro atoms. The highest BCUT2D eigenvalue weighted by molar-refractivity contribution is 6.17. The summed E-state index contributed by atoms with van der Waals surface area (Å²) in [6, 6.07) is 1.56. The SMILES string of the molecule is Cn1ccc(=N)n(CCCl)c1=O. The van der Waals surface area contributed by atoms with Crippen molar-refractivity contribution in [3.8, 4) is 0 Å². The molecule has 0 aromatic carbocycles. The van der Waals surface area contributed by atoms with Crippen molar-refractivity contribution in [2.24, 2.45) is 7.05 Å². The number of hydrogen-bond acceptors (Lipinski definition) is 2. The van der Waals surface area contributed by atoms with Crippen molar-refractivity contribution in [3.63, 3.8) is 0 Å². The van der Waals surface area contributed by atoms with E-state index in [1.807, 2.05) is 0 Å². The minimum Gasteiger partial charge on any atom is -0.304 e. The average Bonchev–Trinajstić information content (AvgIpc) is 2.06. The van der Waals surface area contributed by atoms with Gasteiger partial charge in [0.25, 0.3) is 0 Å². The lowest BCUT2D eigenvalue weighted by atomic mass is 10.6. The van der Waals surface area contributed by atoms with E-state index in [4.69, 9.17) is 17.0 Å². The number of aromatic nitrogens is 2. The molecule has 1 aromatic heterocycles. The number of alkyl halides is 1. The molecule has 1 heterocycles. The van der Waals surface area contributed by atoms with Crippen LogP contribution in [0, 0.1) is 5.41 Å². The Bertz CT molecular complexity index is 379. The maximum absolute atomic E-state index is 11.3. The second kappa shape index (κ2) is 3.58. The van der Waals surface area contributed by atoms with Crippen molar-refractivity contribution in [1.82, 2.24) is 9.13 Å². The van der Waals surface area contributed by atoms with Crippen LogP contribution in [0.5, 0.6) is 0 Å². The van der Waals surface area contributed by atoms with Gasteiger partial charge in [0.05, 0.1) is 0 Å². The largest absolute Gasteiger partial charge is 0.329 e. The predicted molar refractivity (Wildman–Crippen MR) is 46.2 cm³/mol. The van der Waals surface area contributed by atoms with E-state index in [0.29, 0.717) is 12.4 Å². The molecule has 4 nitrogen and oxygen atoms in total. The monoisotopic (exact) mass is 187 g/mol. The Balaban J connectivity index is 3.34. The molecule has 12 heavy (non-hydrogen) atoms. The van der Waals surface area contributed by atoms with Gasteiger partial charge in [0.1, 0.15) is 5.49 Å². The summed E-state index contributed by atoms with van der Waals surface area (Å²) in [5.41, 5.74) is -0.0121. The van der Waals surface area contributed by atoms with Gasteiger partial charge >= 0.3 is 5.69 Å². The van der Waals surface area contributed by atoms with Crippen LogP contribution in [0.2, 0.25) is 0 Å². The topological polar surface area (TPSA) is 50.8 Å². The van der Waals surface area contributed by atoms with Crippen LogP contribution < -0.4 is 11.2 Å². The highest BCUT2D eigenvalue weighted by atomic mass is 35.5. The molecule has 0 aliphatic carbocycles. The van der Waals surface area contributed by atoms with Crippen LogP contribution >= 0.6 is 11.6 Å². The summed E-state index contributed by atoms with van der Waals surface area (Å²) < 4.78 is 2.75. The lowest BCUT2D eigenvalue weighted by molar-refractivity contribution is 0.608. The Hall–Kier alpha value is -1.03. The van der Waals surface area contributed by atoms with E-state index in [1.165, 1.54) is 9.13 Å². The van der Waals surface area contributed by atoms with Crippen LogP contribution in [0.15, 0.2) is 17.1 Å². The van der Waals surface area contributed by atoms with Crippen LogP contribution in [0.4, 0.5) is 0 Å². The zero-order valence-corrected chi connectivity index (χ0v) is 7.51. The van der Waals surface area contributed by atoms with Gasteiger partial charge < -0.3 is 4.57 Å². The second-order valence-electron chi connectivity index (χ2n) is 2.44. The molecule has 0 radical (unpaired) electrons. The smallest absolute Gasteiger partial charge is 0.304 e. The molecule has 0 amide bonds. The molecular weight excluding hydrogens is 178 g/mol. The first-order valence-electron chi connectivity index (χ1n) is 3.54. The second-order valence-corrected chi connectivity index (χ2v) is 2.81. The molecule has 1 aromatic rings. The zero-order chi connectivity index (χ0) is 9.14. The van der Waals surface area contributed by atoms with E-state index in [-0.39, 0.29) is 11.2 Å². The number of hydrogen-bond donors (Lipinski definition) is 1. The Morgan fingerprint density at radius 2 is 2.33 bits per heavy atom. The Labute approximate surface area is 74.5 Å². The summed E-state index contributed by atoms with van der Waals surface area (Å²) in [6.07, 6.45) is 1.56. The summed E-state index contributed by atoms with van der Waals surface area (Å²) in [7, 11) is 1.65. The van der Waals surface area contributed by atoms with Gasteiger partial charge in [0.15, 0.2) is 0 Å². The van der Waals surface area contributed by atoms with Crippen LogP contribution in [0.25, 0.3) is 0 Å². The molecule has 1 N–H and O–H groups in total. The van der Waals surface area contributed by atoms with Gasteiger partial charge in [0.2, 0.25) is 0 Å². The van der Waals surface area contributed by atoms with Gasteiger partial charge in [-0.3, -0.25) is 9.98 Å². The van der Waals surface area contributed by atoms with E-state index >= 15 is 0 Å². The molecular formula is C7H10ClN3O. The van der Waals surface area contributed by atoms with E-state index in [1.54, 1.807) is 19.3 Å². The number of nitrogens with zero attached hydrogens (tertiary/aromatic N) is 2. The Morgan fingerprint density at radius 3 is 2.92 bits per heavy atom. The highest BCUT2D eigenvalue weighted by Gasteiger charge is 1.97. The van der Waals surface area contributed by atoms with Crippen LogP contribution in [-0.4, -0.2) is 15.0 Å². The number of halogens is 1. The van der Waals surface area contributed by atoms with Crippen molar-refractivity contribution in [2.45, 2.75) is 6.54 Å². The molecule has 0 unspecified atom stereocenters. The lowest BCUT2D eigenvalue weighted by Gasteiger charge is -2.04. The third-order valence-corrected chi connectivity index (χ3v) is 1.76. The zero-order valence-electron chi connectivity index (χ0n) is 6.75. The molecule has 1 rings (SSSR count). The van der Waals surface area contributed by atoms with Gasteiger partial charge in [-0.2, -0.15) is 0 Å². The normalized spacial score (nSPS) is 10.2. The van der Waals surface area contributed by atoms with Crippen LogP contribution in [0.3, 0.4) is 0 Å². The maximum Gasteiger partial charge on any atom is 0.329 e. The van der Waals surface area contributed by atoms with Crippen molar-refractivity contribution < 1.29 is 0 Å². The average molecular weight is 188 g/mol. The minimum absolute atomic E-state index is 0.193. The summed E-state index contributed by atoms with van der Waals surface area (Å²) in [5.74, 6) is 0.343. The quantitative estimate of drug-likeness (QED) is 0.647. The van der Waals surface area contributed by atoms with E-state index in [0.717, 1.165) is 0 Å². The molecule has 0 atom stereocenters. The Morgan fingerprint density at radius 1 is 1.67 bits per heavy atom. The summed E-state index contributed by atoms with van der Waals surface area (Å²) in [5, 5.41) is 7.40. The fraction of sp³-hybridized carbons (Fsp3) is 0.429. The number of rotatable bonds is 2. The maximum atomic E-state index is 11.3. The molecule has 0 aliphatic rings. The van der Waals surface area contributed by atoms with Gasteiger partial charge in [-0.15, -0.1) is 11.6 Å². The fourth-order valence-electron chi connectivity index (χ4n) is 0.930. The first-order valence-corrected chi connectivity index (χ1v) is 4.07. The van der Waals surface area contributed by atoms with Gasteiger partial charge in [-0.25, -0.2) is 4.79 Å². The van der Waals surface area contributed by atoms with Gasteiger partial charge in [-0.05, 0) is 6.07 Å². The third kappa shape index (κ3) is 1.58. The minimum atomic E-state index is -0.205. The highest BCUT2D eigenvalue weighted by Crippen LogP contribution is 1.78. The molecule has 66 valence electrons. The summed E-state index contributed by atoms with van der Waals surface area (Å²) in [4.78, 5) is 11.3. The first-order chi connectivity index (χ1) is 5.66. The van der Waals surface area contributed by atoms with Crippen molar-refractivity contribution >= 4 is 11.6 Å². The summed E-state index contributed by atoms with van der Waals surface area (Å²) in [6.45, 7) is 0.383.